The highest BCUT2D eigenvalue weighted by atomic mass is 16.4. The lowest BCUT2D eigenvalue weighted by atomic mass is 9.68. The van der Waals surface area contributed by atoms with Gasteiger partial charge in [-0.25, -0.2) is 0 Å². The second-order valence-corrected chi connectivity index (χ2v) is 6.27. The average molecular weight is 240 g/mol. The number of hydrogen-bond acceptors (Lipinski definition) is 1. The van der Waals surface area contributed by atoms with Crippen LogP contribution >= 0.6 is 0 Å². The van der Waals surface area contributed by atoms with Crippen LogP contribution in [0.3, 0.4) is 0 Å². The predicted molar refractivity (Wildman–Crippen MR) is 70.9 cm³/mol. The van der Waals surface area contributed by atoms with Crippen molar-refractivity contribution in [2.24, 2.45) is 29.6 Å². The molecule has 0 bridgehead atoms. The van der Waals surface area contributed by atoms with Gasteiger partial charge in [0.15, 0.2) is 0 Å². The molecule has 1 fully saturated rings. The summed E-state index contributed by atoms with van der Waals surface area (Å²) in [5.74, 6) is 1.85. The van der Waals surface area contributed by atoms with E-state index in [0.717, 1.165) is 38.0 Å². The first-order valence-corrected chi connectivity index (χ1v) is 7.18. The highest BCUT2D eigenvalue weighted by Gasteiger charge is 2.36. The van der Waals surface area contributed by atoms with Crippen LogP contribution in [0.1, 0.15) is 59.8 Å². The van der Waals surface area contributed by atoms with Crippen LogP contribution in [0.5, 0.6) is 0 Å². The zero-order valence-corrected chi connectivity index (χ0v) is 11.8. The molecule has 0 aliphatic heterocycles. The van der Waals surface area contributed by atoms with E-state index in [0.29, 0.717) is 17.8 Å². The minimum atomic E-state index is -0.569. The molecule has 0 heterocycles. The average Bonchev–Trinajstić information content (AvgIpc) is 2.28. The minimum Gasteiger partial charge on any atom is -0.481 e. The molecule has 0 saturated heterocycles. The number of carbonyl (C=O) groups is 1. The summed E-state index contributed by atoms with van der Waals surface area (Å²) in [5.41, 5.74) is 0. The summed E-state index contributed by atoms with van der Waals surface area (Å²) < 4.78 is 0. The second-order valence-electron chi connectivity index (χ2n) is 6.27. The van der Waals surface area contributed by atoms with Crippen LogP contribution in [-0.4, -0.2) is 11.1 Å². The molecule has 1 aliphatic rings. The number of rotatable bonds is 5. The fraction of sp³-hybridized carbons (Fsp3) is 0.933. The van der Waals surface area contributed by atoms with Gasteiger partial charge in [-0.1, -0.05) is 34.1 Å². The summed E-state index contributed by atoms with van der Waals surface area (Å²) in [4.78, 5) is 11.3. The van der Waals surface area contributed by atoms with Gasteiger partial charge in [0.05, 0.1) is 5.92 Å². The molecule has 1 aliphatic carbocycles. The first-order valence-electron chi connectivity index (χ1n) is 7.18. The molecule has 0 aromatic carbocycles. The van der Waals surface area contributed by atoms with Gasteiger partial charge in [-0.3, -0.25) is 4.79 Å². The van der Waals surface area contributed by atoms with Crippen molar-refractivity contribution in [1.29, 1.82) is 0 Å². The summed E-state index contributed by atoms with van der Waals surface area (Å²) in [5, 5.41) is 9.32. The Hall–Kier alpha value is -0.530. The van der Waals surface area contributed by atoms with Gasteiger partial charge in [-0.05, 0) is 49.4 Å². The Labute approximate surface area is 106 Å². The van der Waals surface area contributed by atoms with Crippen LogP contribution in [0.25, 0.3) is 0 Å². The van der Waals surface area contributed by atoms with Crippen molar-refractivity contribution in [3.8, 4) is 0 Å². The highest BCUT2D eigenvalue weighted by molar-refractivity contribution is 5.70. The maximum atomic E-state index is 11.3. The standard InChI is InChI=1S/C15H28O2/c1-5-11(4)8-13-9-12(10(2)3)6-7-14(13)15(16)17/h10-14H,5-9H2,1-4H3,(H,16,17). The minimum absolute atomic E-state index is 0.0843. The maximum Gasteiger partial charge on any atom is 0.306 e. The van der Waals surface area contributed by atoms with Crippen molar-refractivity contribution in [1.82, 2.24) is 0 Å². The third-order valence-corrected chi connectivity index (χ3v) is 4.69. The van der Waals surface area contributed by atoms with Gasteiger partial charge in [-0.15, -0.1) is 0 Å². The van der Waals surface area contributed by atoms with E-state index in [4.69, 9.17) is 0 Å². The largest absolute Gasteiger partial charge is 0.481 e. The molecule has 0 aromatic heterocycles. The monoisotopic (exact) mass is 240 g/mol. The van der Waals surface area contributed by atoms with Crippen LogP contribution in [0.15, 0.2) is 0 Å². The molecule has 17 heavy (non-hydrogen) atoms. The molecule has 4 atom stereocenters. The Morgan fingerprint density at radius 3 is 2.41 bits per heavy atom. The molecule has 4 unspecified atom stereocenters. The summed E-state index contributed by atoms with van der Waals surface area (Å²) in [6.07, 6.45) is 5.37. The van der Waals surface area contributed by atoms with Crippen molar-refractivity contribution in [3.05, 3.63) is 0 Å². The van der Waals surface area contributed by atoms with Crippen LogP contribution in [0.4, 0.5) is 0 Å². The molecule has 1 N–H and O–H groups in total. The molecule has 1 rings (SSSR count). The molecule has 1 saturated carbocycles. The van der Waals surface area contributed by atoms with Crippen LogP contribution in [0, 0.1) is 29.6 Å². The van der Waals surface area contributed by atoms with E-state index in [9.17, 15) is 9.90 Å². The van der Waals surface area contributed by atoms with E-state index in [2.05, 4.69) is 27.7 Å². The molecule has 2 nitrogen and oxygen atoms in total. The normalized spacial score (nSPS) is 31.5. The molecular weight excluding hydrogens is 212 g/mol. The quantitative estimate of drug-likeness (QED) is 0.782. The third kappa shape index (κ3) is 4.01. The summed E-state index contributed by atoms with van der Waals surface area (Å²) in [6, 6.07) is 0. The summed E-state index contributed by atoms with van der Waals surface area (Å²) >= 11 is 0. The third-order valence-electron chi connectivity index (χ3n) is 4.69. The van der Waals surface area contributed by atoms with Gasteiger partial charge in [0.25, 0.3) is 0 Å². The zero-order valence-electron chi connectivity index (χ0n) is 11.8. The molecule has 100 valence electrons. The van der Waals surface area contributed by atoms with E-state index in [1.165, 1.54) is 0 Å². The summed E-state index contributed by atoms with van der Waals surface area (Å²) in [6.45, 7) is 8.99. The Balaban J connectivity index is 2.65. The van der Waals surface area contributed by atoms with Gasteiger partial charge in [0.2, 0.25) is 0 Å². The lowest BCUT2D eigenvalue weighted by molar-refractivity contribution is -0.146. The topological polar surface area (TPSA) is 37.3 Å². The smallest absolute Gasteiger partial charge is 0.306 e. The van der Waals surface area contributed by atoms with E-state index < -0.39 is 5.97 Å². The van der Waals surface area contributed by atoms with Crippen molar-refractivity contribution < 1.29 is 9.90 Å². The molecular formula is C15H28O2. The van der Waals surface area contributed by atoms with Crippen LogP contribution < -0.4 is 0 Å². The van der Waals surface area contributed by atoms with Gasteiger partial charge in [0.1, 0.15) is 0 Å². The SMILES string of the molecule is CCC(C)CC1CC(C(C)C)CCC1C(=O)O. The molecule has 0 spiro atoms. The summed E-state index contributed by atoms with van der Waals surface area (Å²) in [7, 11) is 0. The Bertz CT molecular complexity index is 247. The molecule has 0 amide bonds. The van der Waals surface area contributed by atoms with E-state index >= 15 is 0 Å². The number of aliphatic carboxylic acids is 1. The van der Waals surface area contributed by atoms with E-state index in [1.54, 1.807) is 0 Å². The van der Waals surface area contributed by atoms with Gasteiger partial charge in [0, 0.05) is 0 Å². The second kappa shape index (κ2) is 6.42. The van der Waals surface area contributed by atoms with Crippen molar-refractivity contribution >= 4 is 5.97 Å². The Morgan fingerprint density at radius 1 is 1.29 bits per heavy atom. The van der Waals surface area contributed by atoms with E-state index in [-0.39, 0.29) is 5.92 Å². The van der Waals surface area contributed by atoms with Gasteiger partial charge >= 0.3 is 5.97 Å². The Morgan fingerprint density at radius 2 is 1.94 bits per heavy atom. The molecule has 0 radical (unpaired) electrons. The fourth-order valence-electron chi connectivity index (χ4n) is 3.17. The number of carboxylic acid groups (broad SMARTS) is 1. The zero-order chi connectivity index (χ0) is 13.0. The van der Waals surface area contributed by atoms with Crippen molar-refractivity contribution in [2.75, 3.05) is 0 Å². The number of carboxylic acids is 1. The van der Waals surface area contributed by atoms with Crippen LogP contribution in [0.2, 0.25) is 0 Å². The van der Waals surface area contributed by atoms with Gasteiger partial charge < -0.3 is 5.11 Å². The molecule has 2 heteroatoms. The number of hydrogen-bond donors (Lipinski definition) is 1. The first-order chi connectivity index (χ1) is 7.95. The lowest BCUT2D eigenvalue weighted by Crippen LogP contribution is -2.33. The highest BCUT2D eigenvalue weighted by Crippen LogP contribution is 2.40. The lowest BCUT2D eigenvalue weighted by Gasteiger charge is -2.37. The van der Waals surface area contributed by atoms with Crippen molar-refractivity contribution in [2.45, 2.75) is 59.8 Å². The van der Waals surface area contributed by atoms with Gasteiger partial charge in [-0.2, -0.15) is 0 Å². The fourth-order valence-corrected chi connectivity index (χ4v) is 3.17. The Kier molecular flexibility index (Phi) is 5.48. The first kappa shape index (κ1) is 14.5. The van der Waals surface area contributed by atoms with E-state index in [1.807, 2.05) is 0 Å². The maximum absolute atomic E-state index is 11.3. The predicted octanol–water partition coefficient (Wildman–Crippen LogP) is 4.20. The molecule has 0 aromatic rings. The van der Waals surface area contributed by atoms with Crippen LogP contribution in [-0.2, 0) is 4.79 Å². The van der Waals surface area contributed by atoms with Crippen molar-refractivity contribution in [3.63, 3.8) is 0 Å².